The zero-order chi connectivity index (χ0) is 103. The van der Waals surface area contributed by atoms with Crippen LogP contribution in [0.25, 0.3) is 0 Å². The molecule has 16 N–H and O–H groups in total. The molecule has 6 aromatic heterocycles. The lowest BCUT2D eigenvalue weighted by atomic mass is 10.1. The number of anilines is 5. The molecule has 6 aliphatic heterocycles. The molecule has 6 aromatic rings. The SMILES string of the molecule is C=P(C)(C)CC[C@H]1O[C@@H](n2cc(CO)c(N)nc2=O)[C@H](O)[C@@H]1O.C=P(C)(C)CC[C@H]1O[C@@H](n2ccc(=N)n(C)c2=O)[C@H](O)[C@@H]1O.C=P(C)(C)CC[C@H]1O[C@@H](n2ccc(N(C)C)nc2=O)[C@H](O)[C@@H]1O.C=P(C)(C)CC[C@H]1O[C@@H](n2ccc(N(C)C)nc2=O)[C@H](OC)[C@@H]1O.C=P(C)(C)CC[C@H]1O[C@@H](n2ccc(NC)nc2=O)[C@H](O)[C@@H]1O.C=P(C)(C)CC[C@H]1O[C@@H](n2ccc(NC)nc2=O)[C@H](OC)[C@@H]1O. The van der Waals surface area contributed by atoms with E-state index in [1.807, 2.05) is 14.1 Å². The Morgan fingerprint density at radius 1 is 0.387 bits per heavy atom. The molecule has 24 atom stereocenters. The molecule has 12 rings (SSSR count). The van der Waals surface area contributed by atoms with Gasteiger partial charge in [0.05, 0.1) is 43.2 Å². The van der Waals surface area contributed by atoms with Crippen molar-refractivity contribution in [3.63, 3.8) is 0 Å². The number of aliphatic hydroxyl groups excluding tert-OH is 11. The van der Waals surface area contributed by atoms with Crippen LogP contribution in [0.4, 0.5) is 29.1 Å². The quantitative estimate of drug-likeness (QED) is 0.0250. The van der Waals surface area contributed by atoms with Gasteiger partial charge in [-0.15, -0.1) is 79.1 Å². The highest BCUT2D eigenvalue weighted by Crippen LogP contribution is 2.46. The Labute approximate surface area is 800 Å². The van der Waals surface area contributed by atoms with Crippen LogP contribution in [0, 0.1) is 5.41 Å². The Morgan fingerprint density at radius 2 is 0.635 bits per heavy atom. The molecule has 0 radical (unpaired) electrons. The maximum Gasteiger partial charge on any atom is 0.351 e. The minimum Gasteiger partial charge on any atom is -0.391 e. The van der Waals surface area contributed by atoms with E-state index < -0.39 is 217 Å². The number of nitrogen functional groups attached to an aromatic ring is 1. The number of hydrogen-bond acceptors (Lipinski definition) is 36. The summed E-state index contributed by atoms with van der Waals surface area (Å²) in [7, 11) is 15.1. The molecule has 6 saturated heterocycles. The molecule has 43 nitrogen and oxygen atoms in total. The molecule has 12 heterocycles. The van der Waals surface area contributed by atoms with Crippen LogP contribution in [0.15, 0.2) is 96.3 Å². The second-order valence-electron chi connectivity index (χ2n) is 39.6. The number of nitrogens with zero attached hydrogens (tertiary/aromatic N) is 14. The van der Waals surface area contributed by atoms with Crippen LogP contribution in [-0.2, 0) is 51.5 Å². The molecule has 774 valence electrons. The highest BCUT2D eigenvalue weighted by Gasteiger charge is 2.50. The molecule has 0 bridgehead atoms. The summed E-state index contributed by atoms with van der Waals surface area (Å²) in [6.45, 7) is 17.5. The Balaban J connectivity index is 0.000000224. The van der Waals surface area contributed by atoms with Gasteiger partial charge < -0.3 is 120 Å². The van der Waals surface area contributed by atoms with Crippen molar-refractivity contribution in [1.29, 1.82) is 5.41 Å². The largest absolute Gasteiger partial charge is 0.391 e. The molecular weight excluding hydrogens is 1890 g/mol. The second-order valence-corrected chi connectivity index (χ2v) is 65.5. The van der Waals surface area contributed by atoms with Gasteiger partial charge in [-0.3, -0.25) is 37.4 Å². The molecule has 6 aliphatic rings. The highest BCUT2D eigenvalue weighted by molar-refractivity contribution is 7.73. The van der Waals surface area contributed by atoms with Crippen LogP contribution in [-0.4, -0.2) is 434 Å². The predicted octanol–water partition coefficient (Wildman–Crippen LogP) is -0.208. The van der Waals surface area contributed by atoms with Crippen molar-refractivity contribution in [2.45, 2.75) is 192 Å². The first-order chi connectivity index (χ1) is 63.5. The van der Waals surface area contributed by atoms with Crippen molar-refractivity contribution >= 4 is 108 Å². The fraction of sp³-hybridized carbons (Fsp3) is 0.659. The van der Waals surface area contributed by atoms with E-state index in [4.69, 9.17) is 49.0 Å². The first kappa shape index (κ1) is 117. The van der Waals surface area contributed by atoms with Crippen molar-refractivity contribution in [3.05, 3.63) is 141 Å². The third-order valence-corrected chi connectivity index (χ3v) is 32.3. The summed E-state index contributed by atoms with van der Waals surface area (Å²) in [5.41, 5.74) is 2.77. The fourth-order valence-electron chi connectivity index (χ4n) is 15.3. The van der Waals surface area contributed by atoms with Crippen LogP contribution in [0.2, 0.25) is 0 Å². The van der Waals surface area contributed by atoms with Crippen LogP contribution < -0.4 is 65.8 Å². The van der Waals surface area contributed by atoms with Crippen LogP contribution >= 0.6 is 41.3 Å². The smallest absolute Gasteiger partial charge is 0.351 e. The number of nitrogens with two attached hydrogens (primary N) is 1. The third kappa shape index (κ3) is 32.8. The van der Waals surface area contributed by atoms with Gasteiger partial charge >= 0.3 is 34.1 Å². The number of nitrogens with one attached hydrogen (secondary N) is 3. The highest BCUT2D eigenvalue weighted by atomic mass is 31.2. The Morgan fingerprint density at radius 3 is 0.898 bits per heavy atom. The Hall–Kier alpha value is -6.88. The number of aliphatic hydroxyl groups is 11. The number of rotatable bonds is 31. The Kier molecular flexibility index (Phi) is 42.6. The minimum atomic E-state index is -1.29. The maximum atomic E-state index is 12.3. The lowest BCUT2D eigenvalue weighted by Crippen LogP contribution is -2.41. The van der Waals surface area contributed by atoms with Gasteiger partial charge in [0.2, 0.25) is 0 Å². The van der Waals surface area contributed by atoms with Gasteiger partial charge in [0.1, 0.15) is 108 Å². The zero-order valence-corrected chi connectivity index (χ0v) is 88.2. The molecule has 49 heteroatoms. The van der Waals surface area contributed by atoms with Gasteiger partial charge in [0.25, 0.3) is 0 Å². The van der Waals surface area contributed by atoms with Crippen molar-refractivity contribution in [3.8, 4) is 0 Å². The van der Waals surface area contributed by atoms with Crippen LogP contribution in [0.3, 0.4) is 0 Å². The fourth-order valence-corrected chi connectivity index (χ4v) is 21.0. The number of hydrogen-bond donors (Lipinski definition) is 15. The molecule has 6 fully saturated rings. The van der Waals surface area contributed by atoms with Crippen LogP contribution in [0.5, 0.6) is 0 Å². The topological polar surface area (TPSA) is 578 Å². The summed E-state index contributed by atoms with van der Waals surface area (Å²) in [4.78, 5) is 95.6. The number of aromatic nitrogens is 12. The van der Waals surface area contributed by atoms with Crippen molar-refractivity contribution in [1.82, 2.24) is 56.9 Å². The summed E-state index contributed by atoms with van der Waals surface area (Å²) in [6, 6.07) is 8.15. The lowest BCUT2D eigenvalue weighted by Gasteiger charge is -2.21. The first-order valence-electron chi connectivity index (χ1n) is 44.7. The molecular formula is C88H152N18O25P6. The molecule has 0 aromatic carbocycles. The van der Waals surface area contributed by atoms with E-state index in [1.165, 1.54) is 75.0 Å². The van der Waals surface area contributed by atoms with Crippen molar-refractivity contribution in [2.75, 3.05) is 200 Å². The molecule has 0 aliphatic carbocycles. The first-order valence-corrected chi connectivity index (χ1v) is 63.0. The van der Waals surface area contributed by atoms with Gasteiger partial charge in [-0.05, 0) is 186 Å². The third-order valence-electron chi connectivity index (χ3n) is 23.5. The van der Waals surface area contributed by atoms with Gasteiger partial charge in [0, 0.05) is 106 Å². The van der Waals surface area contributed by atoms with E-state index in [0.29, 0.717) is 61.8 Å². The number of ether oxygens (including phenoxy) is 8. The lowest BCUT2D eigenvalue weighted by molar-refractivity contribution is -0.0541. The normalized spacial score (nSPS) is 28.2. The summed E-state index contributed by atoms with van der Waals surface area (Å²) < 4.78 is 54.2. The molecule has 0 unspecified atom stereocenters. The van der Waals surface area contributed by atoms with Gasteiger partial charge in [0.15, 0.2) is 37.4 Å². The predicted molar refractivity (Wildman–Crippen MR) is 553 cm³/mol. The van der Waals surface area contributed by atoms with E-state index in [-0.39, 0.29) is 29.1 Å². The standard InChI is InChI=1S/C16H28N3O4P.2C15H26N3O4P.C14H24N3O5P.2C14H24N3O4P/c1-18(2)12-7-9-19(16(21)17-12)15-14(22-3)13(20)11(23-15)8-10-24(4,5)6;1-17(2)11-6-8-18(15(21)16-11)14-13(20)12(19)10(22-14)7-9-23(3,4)5;1-16-11-6-8-18(15(20)17-11)14-13(21-2)12(19)10(22-14)7-9-23(3,4)5;1-23(2,3)5-4-9-10(19)11(20)13(22-9)17-6-8(7-18)12(15)16-14(17)21;1-16-10(15)5-7-17(14(16)20)13-12(19)11(18)9(21-13)6-8-22(2,3)4;1-15-10-5-7-17(14(20)16-10)13-12(19)11(18)9(21-13)6-8-22(2,3)4/h7,9,11,13-15,20H,4,8,10H2,1-3,5-6H3;6,8,10,12-14,19-20H,3,7,9H2,1-2,4-5H3;6,8,10,12-14,19H,3,7,9H2,1-2,4-5H3,(H,16,17,20);6,9-11,13,18-20H,1,4-5,7H2,2-3H3,(H2,15,16,21);5,7,9,11-13,15,18-19H,2,6,8H2,1,3-4H3;5,7,9,11-13,18-19H,2,6,8H2,1,3-4H3,(H,15,16,20)/t11-,13-,14-,15-;2*10-,12-,13-,14-;9-,10-,11-,13-;2*9-,11-,12-,13-/m111111/s1. The van der Waals surface area contributed by atoms with Gasteiger partial charge in [-0.1, -0.05) is 0 Å². The molecule has 137 heavy (non-hydrogen) atoms. The van der Waals surface area contributed by atoms with Crippen LogP contribution in [0.1, 0.15) is 81.5 Å². The monoisotopic (exact) mass is 2050 g/mol. The zero-order valence-electron chi connectivity index (χ0n) is 82.8. The molecule has 0 amide bonds. The van der Waals surface area contributed by atoms with E-state index in [9.17, 15) is 84.9 Å². The minimum absolute atomic E-state index is 0.0643. The van der Waals surface area contributed by atoms with E-state index >= 15 is 0 Å². The van der Waals surface area contributed by atoms with Gasteiger partial charge in [-0.2, -0.15) is 24.9 Å². The molecule has 0 saturated carbocycles. The summed E-state index contributed by atoms with van der Waals surface area (Å²) in [5.74, 6) is 1.96. The molecule has 0 spiro atoms. The average Bonchev–Trinajstić information content (AvgIpc) is 1.69. The van der Waals surface area contributed by atoms with E-state index in [1.54, 1.807) is 74.6 Å². The second kappa shape index (κ2) is 49.9. The summed E-state index contributed by atoms with van der Waals surface area (Å²) >= 11 is 0. The average molecular weight is 2050 g/mol. The summed E-state index contributed by atoms with van der Waals surface area (Å²) in [5, 5.41) is 125. The Bertz CT molecular complexity index is 5740. The maximum absolute atomic E-state index is 12.3. The van der Waals surface area contributed by atoms with Crippen molar-refractivity contribution < 1.29 is 94.1 Å². The van der Waals surface area contributed by atoms with Crippen molar-refractivity contribution in [2.24, 2.45) is 7.05 Å². The van der Waals surface area contributed by atoms with Gasteiger partial charge in [-0.25, -0.2) is 28.8 Å². The number of methoxy groups -OCH3 is 2. The summed E-state index contributed by atoms with van der Waals surface area (Å²) in [6.07, 6.45) is 22.9. The van der Waals surface area contributed by atoms with E-state index in [0.717, 1.165) is 46.1 Å². The van der Waals surface area contributed by atoms with E-state index in [2.05, 4.69) is 153 Å².